The van der Waals surface area contributed by atoms with Gasteiger partial charge in [0.25, 0.3) is 0 Å². The van der Waals surface area contributed by atoms with Crippen LogP contribution in [0, 0.1) is 5.13 Å². The van der Waals surface area contributed by atoms with Gasteiger partial charge in [0.2, 0.25) is 0 Å². The Morgan fingerprint density at radius 2 is 2.22 bits per heavy atom. The first-order valence-electron chi connectivity index (χ1n) is 6.10. The minimum absolute atomic E-state index is 0.175. The number of nitrogens with zero attached hydrogens (tertiary/aromatic N) is 1. The Kier molecular flexibility index (Phi) is 3.61. The van der Waals surface area contributed by atoms with Gasteiger partial charge in [-0.05, 0) is 45.2 Å². The number of amides is 1. The summed E-state index contributed by atoms with van der Waals surface area (Å²) in [6, 6.07) is 1.58. The summed E-state index contributed by atoms with van der Waals surface area (Å²) in [5, 5.41) is -0.175. The molecule has 2 heterocycles. The van der Waals surface area contributed by atoms with Crippen LogP contribution in [0.1, 0.15) is 37.6 Å². The van der Waals surface area contributed by atoms with Crippen molar-refractivity contribution in [1.29, 1.82) is 0 Å². The first-order valence-corrected chi connectivity index (χ1v) is 6.92. The molecule has 0 saturated heterocycles. The highest BCUT2D eigenvalue weighted by molar-refractivity contribution is 7.10. The summed E-state index contributed by atoms with van der Waals surface area (Å²) in [6.45, 7) is 6.66. The van der Waals surface area contributed by atoms with Crippen LogP contribution in [0.5, 0.6) is 0 Å². The number of halogens is 1. The van der Waals surface area contributed by atoms with E-state index in [9.17, 15) is 9.18 Å². The molecule has 2 rings (SSSR count). The molecule has 1 aliphatic heterocycles. The summed E-state index contributed by atoms with van der Waals surface area (Å²) in [7, 11) is 0. The summed E-state index contributed by atoms with van der Waals surface area (Å²) < 4.78 is 18.6. The van der Waals surface area contributed by atoms with Crippen molar-refractivity contribution in [2.24, 2.45) is 0 Å². The number of carbonyl (C=O) groups excluding carboxylic acids is 1. The maximum Gasteiger partial charge on any atom is 0.410 e. The number of hydrogen-bond acceptors (Lipinski definition) is 3. The standard InChI is InChI=1S/C13H18FNO2S/c1-13(2,3)17-12(16)15-6-4-5-9-7-11(14)18-10(9)8-15/h7H,4-6,8H2,1-3H3. The first kappa shape index (κ1) is 13.3. The molecule has 0 N–H and O–H groups in total. The van der Waals surface area contributed by atoms with Crippen LogP contribution < -0.4 is 0 Å². The van der Waals surface area contributed by atoms with Crippen molar-refractivity contribution in [2.75, 3.05) is 6.54 Å². The van der Waals surface area contributed by atoms with E-state index in [4.69, 9.17) is 4.74 Å². The largest absolute Gasteiger partial charge is 0.444 e. The van der Waals surface area contributed by atoms with Crippen LogP contribution in [0.2, 0.25) is 0 Å². The smallest absolute Gasteiger partial charge is 0.410 e. The lowest BCUT2D eigenvalue weighted by atomic mass is 10.2. The maximum atomic E-state index is 13.2. The highest BCUT2D eigenvalue weighted by Crippen LogP contribution is 2.27. The quantitative estimate of drug-likeness (QED) is 0.722. The Morgan fingerprint density at radius 3 is 2.89 bits per heavy atom. The number of hydrogen-bond donors (Lipinski definition) is 0. The Bertz CT molecular complexity index is 450. The van der Waals surface area contributed by atoms with Gasteiger partial charge in [0.15, 0.2) is 5.13 Å². The molecule has 18 heavy (non-hydrogen) atoms. The van der Waals surface area contributed by atoms with E-state index in [1.807, 2.05) is 20.8 Å². The predicted octanol–water partition coefficient (Wildman–Crippen LogP) is 3.57. The molecule has 0 unspecified atom stereocenters. The molecule has 0 atom stereocenters. The van der Waals surface area contributed by atoms with Crippen LogP contribution in [0.15, 0.2) is 6.07 Å². The van der Waals surface area contributed by atoms with Gasteiger partial charge >= 0.3 is 6.09 Å². The lowest BCUT2D eigenvalue weighted by Gasteiger charge is -2.26. The fourth-order valence-corrected chi connectivity index (χ4v) is 2.92. The molecule has 3 nitrogen and oxygen atoms in total. The summed E-state index contributed by atoms with van der Waals surface area (Å²) in [4.78, 5) is 14.6. The number of fused-ring (bicyclic) bond motifs is 1. The molecule has 1 amide bonds. The van der Waals surface area contributed by atoms with Gasteiger partial charge < -0.3 is 9.64 Å². The highest BCUT2D eigenvalue weighted by atomic mass is 32.1. The summed E-state index contributed by atoms with van der Waals surface area (Å²) >= 11 is 1.13. The second-order valence-electron chi connectivity index (χ2n) is 5.50. The number of ether oxygens (including phenoxy) is 1. The molecule has 1 aliphatic rings. The number of thiophene rings is 1. The third kappa shape index (κ3) is 3.22. The van der Waals surface area contributed by atoms with Crippen LogP contribution in [0.3, 0.4) is 0 Å². The summed E-state index contributed by atoms with van der Waals surface area (Å²) in [5.41, 5.74) is 0.538. The molecule has 5 heteroatoms. The monoisotopic (exact) mass is 271 g/mol. The molecule has 0 aliphatic carbocycles. The molecule has 1 aromatic rings. The zero-order valence-corrected chi connectivity index (χ0v) is 11.8. The van der Waals surface area contributed by atoms with E-state index in [1.165, 1.54) is 0 Å². The van der Waals surface area contributed by atoms with Crippen molar-refractivity contribution < 1.29 is 13.9 Å². The van der Waals surface area contributed by atoms with Gasteiger partial charge in [-0.2, -0.15) is 4.39 Å². The summed E-state index contributed by atoms with van der Waals surface area (Å²) in [5.74, 6) is 0. The minimum atomic E-state index is -0.493. The van der Waals surface area contributed by atoms with Crippen molar-refractivity contribution in [3.05, 3.63) is 21.6 Å². The molecule has 1 aromatic heterocycles. The number of rotatable bonds is 0. The Hall–Kier alpha value is -1.10. The van der Waals surface area contributed by atoms with Gasteiger partial charge in [0.05, 0.1) is 6.54 Å². The molecule has 100 valence electrons. The van der Waals surface area contributed by atoms with Crippen LogP contribution >= 0.6 is 11.3 Å². The third-order valence-corrected chi connectivity index (χ3v) is 3.68. The first-order chi connectivity index (χ1) is 8.35. The van der Waals surface area contributed by atoms with Gasteiger partial charge in [0, 0.05) is 11.4 Å². The van der Waals surface area contributed by atoms with Crippen molar-refractivity contribution >= 4 is 17.4 Å². The van der Waals surface area contributed by atoms with Crippen LogP contribution in [0.25, 0.3) is 0 Å². The molecule has 0 fully saturated rings. The third-order valence-electron chi connectivity index (χ3n) is 2.73. The van der Waals surface area contributed by atoms with Gasteiger partial charge in [-0.15, -0.1) is 11.3 Å². The van der Waals surface area contributed by atoms with Gasteiger partial charge in [-0.25, -0.2) is 4.79 Å². The van der Waals surface area contributed by atoms with Crippen LogP contribution in [0.4, 0.5) is 9.18 Å². The zero-order chi connectivity index (χ0) is 13.3. The average molecular weight is 271 g/mol. The average Bonchev–Trinajstić information content (AvgIpc) is 2.43. The van der Waals surface area contributed by atoms with E-state index in [0.717, 1.165) is 34.6 Å². The number of carbonyl (C=O) groups is 1. The lowest BCUT2D eigenvalue weighted by molar-refractivity contribution is 0.0238. The van der Waals surface area contributed by atoms with E-state index in [2.05, 4.69) is 0 Å². The van der Waals surface area contributed by atoms with Gasteiger partial charge in [-0.1, -0.05) is 0 Å². The SMILES string of the molecule is CC(C)(C)OC(=O)N1CCCc2cc(F)sc2C1. The molecular weight excluding hydrogens is 253 g/mol. The van der Waals surface area contributed by atoms with Gasteiger partial charge in [-0.3, -0.25) is 0 Å². The van der Waals surface area contributed by atoms with E-state index < -0.39 is 5.60 Å². The van der Waals surface area contributed by atoms with E-state index in [0.29, 0.717) is 13.1 Å². The topological polar surface area (TPSA) is 29.5 Å². The lowest BCUT2D eigenvalue weighted by Crippen LogP contribution is -2.36. The van der Waals surface area contributed by atoms with E-state index >= 15 is 0 Å². The van der Waals surface area contributed by atoms with Crippen LogP contribution in [-0.4, -0.2) is 23.1 Å². The van der Waals surface area contributed by atoms with E-state index in [1.54, 1.807) is 11.0 Å². The summed E-state index contributed by atoms with van der Waals surface area (Å²) in [6.07, 6.45) is 1.36. The Morgan fingerprint density at radius 1 is 1.50 bits per heavy atom. The molecular formula is C13H18FNO2S. The van der Waals surface area contributed by atoms with Gasteiger partial charge in [0.1, 0.15) is 5.60 Å². The minimum Gasteiger partial charge on any atom is -0.444 e. The highest BCUT2D eigenvalue weighted by Gasteiger charge is 2.25. The zero-order valence-electron chi connectivity index (χ0n) is 11.0. The molecule has 0 bridgehead atoms. The van der Waals surface area contributed by atoms with E-state index in [-0.39, 0.29) is 11.2 Å². The number of aryl methyl sites for hydroxylation is 1. The normalized spacial score (nSPS) is 16.1. The fraction of sp³-hybridized carbons (Fsp3) is 0.615. The van der Waals surface area contributed by atoms with Crippen molar-refractivity contribution in [3.8, 4) is 0 Å². The predicted molar refractivity (Wildman–Crippen MR) is 69.2 cm³/mol. The Balaban J connectivity index is 2.09. The molecule has 0 saturated carbocycles. The second-order valence-corrected chi connectivity index (χ2v) is 6.59. The fourth-order valence-electron chi connectivity index (χ4n) is 1.97. The Labute approximate surface area is 111 Å². The maximum absolute atomic E-state index is 13.2. The van der Waals surface area contributed by atoms with Crippen LogP contribution in [-0.2, 0) is 17.7 Å². The molecule has 0 radical (unpaired) electrons. The molecule has 0 spiro atoms. The van der Waals surface area contributed by atoms with Crippen molar-refractivity contribution in [1.82, 2.24) is 4.90 Å². The van der Waals surface area contributed by atoms with Crippen molar-refractivity contribution in [2.45, 2.75) is 45.8 Å². The molecule has 0 aromatic carbocycles. The van der Waals surface area contributed by atoms with Crippen molar-refractivity contribution in [3.63, 3.8) is 0 Å². The second kappa shape index (κ2) is 4.88.